The fraction of sp³-hybridized carbons (Fsp3) is 0.182. The predicted molar refractivity (Wildman–Crippen MR) is 70.7 cm³/mol. The van der Waals surface area contributed by atoms with E-state index in [1.807, 2.05) is 24.3 Å². The van der Waals surface area contributed by atoms with Crippen molar-refractivity contribution in [3.8, 4) is 0 Å². The lowest BCUT2D eigenvalue weighted by Gasteiger charge is -2.16. The Balaban J connectivity index is 2.11. The lowest BCUT2D eigenvalue weighted by molar-refractivity contribution is 0.0773. The predicted octanol–water partition coefficient (Wildman–Crippen LogP) is 1.42. The van der Waals surface area contributed by atoms with E-state index in [0.717, 1.165) is 10.0 Å². The zero-order chi connectivity index (χ0) is 13.1. The first-order valence-electron chi connectivity index (χ1n) is 5.24. The second-order valence-corrected chi connectivity index (χ2v) is 4.65. The first-order valence-corrected chi connectivity index (χ1v) is 6.04. The number of carbonyl (C=O) groups excluding carboxylic acids is 1. The van der Waals surface area contributed by atoms with Gasteiger partial charge in [0.05, 0.1) is 0 Å². The number of anilines is 1. The van der Waals surface area contributed by atoms with Crippen molar-refractivity contribution in [1.82, 2.24) is 20.1 Å². The number of amides is 1. The molecule has 0 saturated carbocycles. The number of halogens is 1. The molecule has 2 aromatic rings. The van der Waals surface area contributed by atoms with E-state index in [4.69, 9.17) is 5.73 Å². The first-order chi connectivity index (χ1) is 8.58. The molecule has 18 heavy (non-hydrogen) atoms. The van der Waals surface area contributed by atoms with Crippen molar-refractivity contribution < 1.29 is 4.79 Å². The summed E-state index contributed by atoms with van der Waals surface area (Å²) in [7, 11) is 1.69. The quantitative estimate of drug-likeness (QED) is 0.897. The molecule has 0 saturated heterocycles. The van der Waals surface area contributed by atoms with Crippen molar-refractivity contribution in [2.24, 2.45) is 0 Å². The number of rotatable bonds is 3. The summed E-state index contributed by atoms with van der Waals surface area (Å²) in [6, 6.07) is 7.72. The van der Waals surface area contributed by atoms with Gasteiger partial charge in [0, 0.05) is 18.1 Å². The van der Waals surface area contributed by atoms with E-state index in [-0.39, 0.29) is 17.7 Å². The molecule has 0 fully saturated rings. The van der Waals surface area contributed by atoms with Gasteiger partial charge in [0.2, 0.25) is 11.8 Å². The highest BCUT2D eigenvalue weighted by Crippen LogP contribution is 2.17. The number of benzene rings is 1. The summed E-state index contributed by atoms with van der Waals surface area (Å²) in [5.41, 5.74) is 6.38. The summed E-state index contributed by atoms with van der Waals surface area (Å²) in [6.45, 7) is 0.473. The van der Waals surface area contributed by atoms with Gasteiger partial charge in [0.15, 0.2) is 0 Å². The molecule has 7 heteroatoms. The van der Waals surface area contributed by atoms with E-state index in [1.54, 1.807) is 11.9 Å². The molecule has 0 aliphatic carbocycles. The normalized spacial score (nSPS) is 10.3. The van der Waals surface area contributed by atoms with Crippen molar-refractivity contribution in [3.05, 3.63) is 40.1 Å². The van der Waals surface area contributed by atoms with Gasteiger partial charge in [-0.2, -0.15) is 4.98 Å². The molecule has 0 aliphatic heterocycles. The summed E-state index contributed by atoms with van der Waals surface area (Å²) in [6.07, 6.45) is 0. The van der Waals surface area contributed by atoms with Crippen LogP contribution in [0.4, 0.5) is 5.95 Å². The summed E-state index contributed by atoms with van der Waals surface area (Å²) < 4.78 is 0.960. The Hall–Kier alpha value is -1.89. The number of nitrogens with one attached hydrogen (secondary N) is 1. The van der Waals surface area contributed by atoms with Gasteiger partial charge in [-0.25, -0.2) is 0 Å². The SMILES string of the molecule is CN(Cc1ccccc1Br)C(=O)c1nc(N)n[nH]1. The van der Waals surface area contributed by atoms with Crippen LogP contribution in [-0.4, -0.2) is 33.0 Å². The highest BCUT2D eigenvalue weighted by atomic mass is 79.9. The highest BCUT2D eigenvalue weighted by molar-refractivity contribution is 9.10. The van der Waals surface area contributed by atoms with E-state index in [1.165, 1.54) is 0 Å². The Bertz CT molecular complexity index is 568. The average Bonchev–Trinajstić information content (AvgIpc) is 2.78. The maximum absolute atomic E-state index is 12.0. The maximum atomic E-state index is 12.0. The van der Waals surface area contributed by atoms with Crippen LogP contribution < -0.4 is 5.73 Å². The lowest BCUT2D eigenvalue weighted by Crippen LogP contribution is -2.27. The van der Waals surface area contributed by atoms with E-state index >= 15 is 0 Å². The number of hydrogen-bond donors (Lipinski definition) is 2. The molecule has 1 amide bonds. The molecular formula is C11H12BrN5O. The standard InChI is InChI=1S/C11H12BrN5O/c1-17(6-7-4-2-3-5-8(7)12)10(18)9-14-11(13)16-15-9/h2-5H,6H2,1H3,(H3,13,14,15,16). The number of nitrogens with two attached hydrogens (primary N) is 1. The fourth-order valence-electron chi connectivity index (χ4n) is 1.51. The van der Waals surface area contributed by atoms with Crippen molar-refractivity contribution in [2.75, 3.05) is 12.8 Å². The molecule has 0 atom stereocenters. The topological polar surface area (TPSA) is 87.9 Å². The molecule has 6 nitrogen and oxygen atoms in total. The summed E-state index contributed by atoms with van der Waals surface area (Å²) in [5.74, 6) is -0.0513. The Kier molecular flexibility index (Phi) is 3.61. The zero-order valence-electron chi connectivity index (χ0n) is 9.72. The van der Waals surface area contributed by atoms with Crippen LogP contribution in [0, 0.1) is 0 Å². The molecule has 0 aliphatic rings. The third-order valence-electron chi connectivity index (χ3n) is 2.42. The Labute approximate surface area is 112 Å². The molecule has 94 valence electrons. The molecule has 0 unspecified atom stereocenters. The molecule has 1 aromatic carbocycles. The van der Waals surface area contributed by atoms with Gasteiger partial charge in [-0.05, 0) is 11.6 Å². The molecule has 1 aromatic heterocycles. The monoisotopic (exact) mass is 309 g/mol. The maximum Gasteiger partial charge on any atom is 0.291 e. The van der Waals surface area contributed by atoms with E-state index in [2.05, 4.69) is 31.1 Å². The van der Waals surface area contributed by atoms with Crippen LogP contribution in [0.15, 0.2) is 28.7 Å². The smallest absolute Gasteiger partial charge is 0.291 e. The van der Waals surface area contributed by atoms with E-state index < -0.39 is 0 Å². The number of hydrogen-bond acceptors (Lipinski definition) is 4. The van der Waals surface area contributed by atoms with Crippen molar-refractivity contribution in [2.45, 2.75) is 6.54 Å². The van der Waals surface area contributed by atoms with Crippen LogP contribution in [0.25, 0.3) is 0 Å². The fourth-order valence-corrected chi connectivity index (χ4v) is 1.92. The number of H-pyrrole nitrogens is 1. The molecule has 1 heterocycles. The molecule has 3 N–H and O–H groups in total. The van der Waals surface area contributed by atoms with Crippen LogP contribution in [0.2, 0.25) is 0 Å². The van der Waals surface area contributed by atoms with Crippen molar-refractivity contribution in [1.29, 1.82) is 0 Å². The highest BCUT2D eigenvalue weighted by Gasteiger charge is 2.16. The summed E-state index contributed by atoms with van der Waals surface area (Å²) in [4.78, 5) is 17.3. The second kappa shape index (κ2) is 5.18. The summed E-state index contributed by atoms with van der Waals surface area (Å²) >= 11 is 3.44. The Morgan fingerprint density at radius 2 is 2.22 bits per heavy atom. The zero-order valence-corrected chi connectivity index (χ0v) is 11.3. The number of aromatic amines is 1. The minimum Gasteiger partial charge on any atom is -0.366 e. The third kappa shape index (κ3) is 2.67. The first kappa shape index (κ1) is 12.6. The Morgan fingerprint density at radius 1 is 1.50 bits per heavy atom. The second-order valence-electron chi connectivity index (χ2n) is 3.79. The van der Waals surface area contributed by atoms with Crippen LogP contribution in [0.3, 0.4) is 0 Å². The average molecular weight is 310 g/mol. The molecule has 0 radical (unpaired) electrons. The largest absolute Gasteiger partial charge is 0.366 e. The van der Waals surface area contributed by atoms with Crippen LogP contribution in [0.1, 0.15) is 16.2 Å². The van der Waals surface area contributed by atoms with Gasteiger partial charge in [-0.1, -0.05) is 34.1 Å². The van der Waals surface area contributed by atoms with Gasteiger partial charge in [0.1, 0.15) is 0 Å². The molecule has 0 bridgehead atoms. The van der Waals surface area contributed by atoms with Gasteiger partial charge in [-0.15, -0.1) is 5.10 Å². The van der Waals surface area contributed by atoms with Crippen molar-refractivity contribution in [3.63, 3.8) is 0 Å². The number of nitrogens with zero attached hydrogens (tertiary/aromatic N) is 3. The van der Waals surface area contributed by atoms with E-state index in [0.29, 0.717) is 6.54 Å². The summed E-state index contributed by atoms with van der Waals surface area (Å²) in [5, 5.41) is 6.13. The van der Waals surface area contributed by atoms with Gasteiger partial charge < -0.3 is 10.6 Å². The van der Waals surface area contributed by atoms with Crippen LogP contribution in [-0.2, 0) is 6.54 Å². The van der Waals surface area contributed by atoms with Crippen molar-refractivity contribution >= 4 is 27.8 Å². The minimum absolute atomic E-state index is 0.0626. The molecular weight excluding hydrogens is 298 g/mol. The third-order valence-corrected chi connectivity index (χ3v) is 3.19. The van der Waals surface area contributed by atoms with Crippen LogP contribution >= 0.6 is 15.9 Å². The van der Waals surface area contributed by atoms with Gasteiger partial charge in [0.25, 0.3) is 5.91 Å². The van der Waals surface area contributed by atoms with Gasteiger partial charge >= 0.3 is 0 Å². The number of aromatic nitrogens is 3. The molecule has 2 rings (SSSR count). The van der Waals surface area contributed by atoms with Gasteiger partial charge in [-0.3, -0.25) is 9.89 Å². The van der Waals surface area contributed by atoms with Crippen LogP contribution in [0.5, 0.6) is 0 Å². The number of carbonyl (C=O) groups is 1. The van der Waals surface area contributed by atoms with E-state index in [9.17, 15) is 4.79 Å². The number of nitrogen functional groups attached to an aromatic ring is 1. The minimum atomic E-state index is -0.255. The Morgan fingerprint density at radius 3 is 2.83 bits per heavy atom. The lowest BCUT2D eigenvalue weighted by atomic mass is 10.2. The molecule has 0 spiro atoms.